The molecule has 0 amide bonds. The summed E-state index contributed by atoms with van der Waals surface area (Å²) >= 11 is 0. The normalized spacial score (nSPS) is 23.0. The predicted molar refractivity (Wildman–Crippen MR) is 47.8 cm³/mol. The van der Waals surface area contributed by atoms with E-state index in [2.05, 4.69) is 13.8 Å². The summed E-state index contributed by atoms with van der Waals surface area (Å²) in [6.07, 6.45) is 0.858. The van der Waals surface area contributed by atoms with E-state index in [9.17, 15) is 0 Å². The Balaban J connectivity index is 2.48. The fourth-order valence-corrected chi connectivity index (χ4v) is 1.60. The summed E-state index contributed by atoms with van der Waals surface area (Å²) in [4.78, 5) is 0. The molecule has 1 aliphatic rings. The van der Waals surface area contributed by atoms with E-state index in [1.165, 1.54) is 0 Å². The topological polar surface area (TPSA) is 44.5 Å². The summed E-state index contributed by atoms with van der Waals surface area (Å²) in [6, 6.07) is 0. The van der Waals surface area contributed by atoms with Crippen molar-refractivity contribution in [2.45, 2.75) is 33.0 Å². The third kappa shape index (κ3) is 2.44. The molecule has 0 bridgehead atoms. The van der Waals surface area contributed by atoms with Crippen molar-refractivity contribution in [2.24, 2.45) is 11.1 Å². The molecule has 1 aliphatic heterocycles. The monoisotopic (exact) mass is 173 g/mol. The quantitative estimate of drug-likeness (QED) is 0.695. The van der Waals surface area contributed by atoms with Crippen LogP contribution in [0.25, 0.3) is 0 Å². The van der Waals surface area contributed by atoms with Gasteiger partial charge in [-0.3, -0.25) is 0 Å². The summed E-state index contributed by atoms with van der Waals surface area (Å²) in [5, 5.41) is 0. The molecule has 0 aromatic carbocycles. The molecule has 3 nitrogen and oxygen atoms in total. The van der Waals surface area contributed by atoms with E-state index in [0.29, 0.717) is 19.8 Å². The van der Waals surface area contributed by atoms with Crippen LogP contribution in [0.3, 0.4) is 0 Å². The lowest BCUT2D eigenvalue weighted by atomic mass is 9.86. The van der Waals surface area contributed by atoms with E-state index in [-0.39, 0.29) is 5.41 Å². The molecule has 1 fully saturated rings. The molecule has 2 N–H and O–H groups in total. The van der Waals surface area contributed by atoms with Gasteiger partial charge in [-0.15, -0.1) is 0 Å². The molecule has 1 heterocycles. The number of hydrogen-bond donors (Lipinski definition) is 1. The molecule has 0 radical (unpaired) electrons. The summed E-state index contributed by atoms with van der Waals surface area (Å²) in [6.45, 7) is 8.31. The van der Waals surface area contributed by atoms with Gasteiger partial charge in [0.15, 0.2) is 5.79 Å². The van der Waals surface area contributed by atoms with Crippen LogP contribution >= 0.6 is 0 Å². The fraction of sp³-hybridized carbons (Fsp3) is 1.00. The zero-order chi connectivity index (χ0) is 9.24. The second-order valence-corrected chi connectivity index (χ2v) is 4.38. The standard InChI is InChI=1S/C9H19NO2/c1-8(2,7-10)6-9(3)11-4-5-12-9/h4-7,10H2,1-3H3. The molecular formula is C9H19NO2. The van der Waals surface area contributed by atoms with Gasteiger partial charge in [0, 0.05) is 6.42 Å². The van der Waals surface area contributed by atoms with Gasteiger partial charge in [0.25, 0.3) is 0 Å². The van der Waals surface area contributed by atoms with Crippen molar-refractivity contribution in [1.29, 1.82) is 0 Å². The van der Waals surface area contributed by atoms with Crippen molar-refractivity contribution >= 4 is 0 Å². The number of ether oxygens (including phenoxy) is 2. The first-order valence-electron chi connectivity index (χ1n) is 4.45. The summed E-state index contributed by atoms with van der Waals surface area (Å²) in [7, 11) is 0. The molecule has 0 unspecified atom stereocenters. The number of hydrogen-bond acceptors (Lipinski definition) is 3. The van der Waals surface area contributed by atoms with Crippen molar-refractivity contribution in [3.63, 3.8) is 0 Å². The highest BCUT2D eigenvalue weighted by Gasteiger charge is 2.36. The van der Waals surface area contributed by atoms with Crippen LogP contribution < -0.4 is 5.73 Å². The van der Waals surface area contributed by atoms with Crippen LogP contribution in [-0.4, -0.2) is 25.5 Å². The highest BCUT2D eigenvalue weighted by atomic mass is 16.7. The third-order valence-corrected chi connectivity index (χ3v) is 2.25. The minimum absolute atomic E-state index is 0.0963. The Morgan fingerprint density at radius 2 is 1.83 bits per heavy atom. The molecule has 0 atom stereocenters. The van der Waals surface area contributed by atoms with E-state index in [1.54, 1.807) is 0 Å². The van der Waals surface area contributed by atoms with Crippen LogP contribution in [0.15, 0.2) is 0 Å². The lowest BCUT2D eigenvalue weighted by Gasteiger charge is -2.32. The van der Waals surface area contributed by atoms with Crippen molar-refractivity contribution in [1.82, 2.24) is 0 Å². The fourth-order valence-electron chi connectivity index (χ4n) is 1.60. The van der Waals surface area contributed by atoms with Crippen molar-refractivity contribution in [3.8, 4) is 0 Å². The minimum atomic E-state index is -0.400. The smallest absolute Gasteiger partial charge is 0.166 e. The first-order valence-corrected chi connectivity index (χ1v) is 4.45. The Morgan fingerprint density at radius 1 is 1.33 bits per heavy atom. The van der Waals surface area contributed by atoms with Crippen LogP contribution in [-0.2, 0) is 9.47 Å². The maximum absolute atomic E-state index is 5.63. The Labute approximate surface area is 74.2 Å². The lowest BCUT2D eigenvalue weighted by molar-refractivity contribution is -0.162. The van der Waals surface area contributed by atoms with Crippen LogP contribution in [0.1, 0.15) is 27.2 Å². The van der Waals surface area contributed by atoms with Gasteiger partial charge in [-0.05, 0) is 18.9 Å². The van der Waals surface area contributed by atoms with Crippen LogP contribution in [0.5, 0.6) is 0 Å². The van der Waals surface area contributed by atoms with Gasteiger partial charge in [0.2, 0.25) is 0 Å². The van der Waals surface area contributed by atoms with Gasteiger partial charge < -0.3 is 15.2 Å². The molecule has 0 aliphatic carbocycles. The molecule has 1 saturated heterocycles. The van der Waals surface area contributed by atoms with Crippen molar-refractivity contribution < 1.29 is 9.47 Å². The van der Waals surface area contributed by atoms with E-state index < -0.39 is 5.79 Å². The predicted octanol–water partition coefficient (Wildman–Crippen LogP) is 1.12. The van der Waals surface area contributed by atoms with Gasteiger partial charge >= 0.3 is 0 Å². The zero-order valence-electron chi connectivity index (χ0n) is 8.22. The molecule has 0 spiro atoms. The molecule has 0 aromatic rings. The van der Waals surface area contributed by atoms with Gasteiger partial charge in [-0.25, -0.2) is 0 Å². The Hall–Kier alpha value is -0.120. The van der Waals surface area contributed by atoms with Crippen LogP contribution in [0, 0.1) is 5.41 Å². The Bertz CT molecular complexity index is 151. The van der Waals surface area contributed by atoms with E-state index in [4.69, 9.17) is 15.2 Å². The summed E-state index contributed by atoms with van der Waals surface area (Å²) < 4.78 is 11.0. The zero-order valence-corrected chi connectivity index (χ0v) is 8.22. The number of nitrogens with two attached hydrogens (primary N) is 1. The first-order chi connectivity index (χ1) is 5.47. The molecule has 72 valence electrons. The summed E-state index contributed by atoms with van der Waals surface area (Å²) in [5.74, 6) is -0.400. The van der Waals surface area contributed by atoms with Crippen molar-refractivity contribution in [2.75, 3.05) is 19.8 Å². The van der Waals surface area contributed by atoms with E-state index in [0.717, 1.165) is 6.42 Å². The maximum Gasteiger partial charge on any atom is 0.166 e. The van der Waals surface area contributed by atoms with Gasteiger partial charge in [0.1, 0.15) is 0 Å². The van der Waals surface area contributed by atoms with Crippen LogP contribution in [0.2, 0.25) is 0 Å². The highest BCUT2D eigenvalue weighted by Crippen LogP contribution is 2.32. The molecular weight excluding hydrogens is 154 g/mol. The molecule has 3 heteroatoms. The van der Waals surface area contributed by atoms with Gasteiger partial charge in [0.05, 0.1) is 13.2 Å². The molecule has 12 heavy (non-hydrogen) atoms. The number of rotatable bonds is 3. The second kappa shape index (κ2) is 3.32. The first kappa shape index (κ1) is 9.96. The van der Waals surface area contributed by atoms with Gasteiger partial charge in [-0.1, -0.05) is 13.8 Å². The largest absolute Gasteiger partial charge is 0.348 e. The van der Waals surface area contributed by atoms with Crippen LogP contribution in [0.4, 0.5) is 0 Å². The SMILES string of the molecule is CC(C)(CN)CC1(C)OCCO1. The van der Waals surface area contributed by atoms with Gasteiger partial charge in [-0.2, -0.15) is 0 Å². The highest BCUT2D eigenvalue weighted by molar-refractivity contribution is 4.79. The Kier molecular flexibility index (Phi) is 2.76. The Morgan fingerprint density at radius 3 is 2.25 bits per heavy atom. The van der Waals surface area contributed by atoms with E-state index >= 15 is 0 Å². The second-order valence-electron chi connectivity index (χ2n) is 4.38. The average molecular weight is 173 g/mol. The molecule has 0 aromatic heterocycles. The maximum atomic E-state index is 5.63. The summed E-state index contributed by atoms with van der Waals surface area (Å²) in [5.41, 5.74) is 5.73. The molecule has 0 saturated carbocycles. The lowest BCUT2D eigenvalue weighted by Crippen LogP contribution is -2.36. The molecule has 1 rings (SSSR count). The van der Waals surface area contributed by atoms with E-state index in [1.807, 2.05) is 6.92 Å². The minimum Gasteiger partial charge on any atom is -0.348 e. The average Bonchev–Trinajstić information content (AvgIpc) is 2.35. The van der Waals surface area contributed by atoms with Crippen molar-refractivity contribution in [3.05, 3.63) is 0 Å². The third-order valence-electron chi connectivity index (χ3n) is 2.25.